The molecular weight excluding hydrogens is 204 g/mol. The van der Waals surface area contributed by atoms with Crippen molar-refractivity contribution in [2.45, 2.75) is 13.0 Å². The number of nitrogens with zero attached hydrogens (tertiary/aromatic N) is 2. The molecule has 2 N–H and O–H groups in total. The Bertz CT molecular complexity index is 492. The number of aliphatic hydroxyl groups excluding tert-OH is 1. The van der Waals surface area contributed by atoms with E-state index in [1.807, 2.05) is 12.1 Å². The first-order valence-corrected chi connectivity index (χ1v) is 5.09. The first-order chi connectivity index (χ1) is 7.69. The Morgan fingerprint density at radius 2 is 2.12 bits per heavy atom. The molecule has 2 rings (SSSR count). The van der Waals surface area contributed by atoms with E-state index in [1.165, 1.54) is 0 Å². The Labute approximate surface area is 93.8 Å². The van der Waals surface area contributed by atoms with Crippen LogP contribution in [0.15, 0.2) is 30.3 Å². The molecule has 0 aliphatic heterocycles. The van der Waals surface area contributed by atoms with Gasteiger partial charge in [0.15, 0.2) is 0 Å². The molecule has 0 radical (unpaired) electrons. The van der Waals surface area contributed by atoms with Crippen LogP contribution in [-0.2, 0) is 20.1 Å². The number of aryl methyl sites for hydroxylation is 1. The van der Waals surface area contributed by atoms with Gasteiger partial charge in [-0.1, -0.05) is 12.1 Å². The quantitative estimate of drug-likeness (QED) is 0.814. The van der Waals surface area contributed by atoms with Crippen molar-refractivity contribution in [2.24, 2.45) is 7.05 Å². The van der Waals surface area contributed by atoms with Crippen LogP contribution >= 0.6 is 0 Å². The zero-order valence-electron chi connectivity index (χ0n) is 9.09. The number of phenols is 1. The summed E-state index contributed by atoms with van der Waals surface area (Å²) in [5, 5.41) is 22.7. The molecule has 1 aromatic heterocycles. The predicted octanol–water partition coefficient (Wildman–Crippen LogP) is 1.21. The highest BCUT2D eigenvalue weighted by molar-refractivity contribution is 5.30. The third-order valence-corrected chi connectivity index (χ3v) is 2.49. The van der Waals surface area contributed by atoms with Crippen LogP contribution in [-0.4, -0.2) is 20.0 Å². The average Bonchev–Trinajstić information content (AvgIpc) is 2.58. The molecule has 0 saturated heterocycles. The molecule has 0 aliphatic rings. The summed E-state index contributed by atoms with van der Waals surface area (Å²) in [6.07, 6.45) is 0.655. The summed E-state index contributed by atoms with van der Waals surface area (Å²) in [4.78, 5) is 0. The molecule has 4 nitrogen and oxygen atoms in total. The lowest BCUT2D eigenvalue weighted by molar-refractivity contribution is 0.270. The van der Waals surface area contributed by atoms with Gasteiger partial charge in [0.1, 0.15) is 5.75 Å². The van der Waals surface area contributed by atoms with Gasteiger partial charge in [0.05, 0.1) is 18.0 Å². The summed E-state index contributed by atoms with van der Waals surface area (Å²) in [6.45, 7) is -0.0104. The molecule has 0 atom stereocenters. The van der Waals surface area contributed by atoms with Crippen molar-refractivity contribution in [2.75, 3.05) is 0 Å². The fraction of sp³-hybridized carbons (Fsp3) is 0.250. The first-order valence-electron chi connectivity index (χ1n) is 5.09. The fourth-order valence-corrected chi connectivity index (χ4v) is 1.68. The van der Waals surface area contributed by atoms with E-state index in [-0.39, 0.29) is 12.4 Å². The fourth-order valence-electron chi connectivity index (χ4n) is 1.68. The molecule has 1 aromatic carbocycles. The van der Waals surface area contributed by atoms with Crippen molar-refractivity contribution in [3.05, 3.63) is 47.3 Å². The summed E-state index contributed by atoms with van der Waals surface area (Å²) < 4.78 is 1.66. The summed E-state index contributed by atoms with van der Waals surface area (Å²) in [5.74, 6) is 0.260. The Morgan fingerprint density at radius 1 is 1.31 bits per heavy atom. The maximum absolute atomic E-state index is 9.33. The predicted molar refractivity (Wildman–Crippen MR) is 60.0 cm³/mol. The molecule has 84 valence electrons. The molecule has 0 saturated carbocycles. The largest absolute Gasteiger partial charge is 0.508 e. The van der Waals surface area contributed by atoms with E-state index in [9.17, 15) is 5.11 Å². The van der Waals surface area contributed by atoms with Crippen molar-refractivity contribution in [3.8, 4) is 5.75 Å². The second-order valence-corrected chi connectivity index (χ2v) is 3.76. The maximum atomic E-state index is 9.33. The summed E-state index contributed by atoms with van der Waals surface area (Å²) in [5.41, 5.74) is 2.68. The molecule has 0 unspecified atom stereocenters. The lowest BCUT2D eigenvalue weighted by Crippen LogP contribution is -1.97. The molecule has 4 heteroatoms. The van der Waals surface area contributed by atoms with Gasteiger partial charge in [-0.3, -0.25) is 4.68 Å². The van der Waals surface area contributed by atoms with Crippen LogP contribution in [0, 0.1) is 0 Å². The molecule has 0 spiro atoms. The van der Waals surface area contributed by atoms with Gasteiger partial charge in [0, 0.05) is 13.5 Å². The Kier molecular flexibility index (Phi) is 2.92. The Balaban J connectivity index is 2.20. The van der Waals surface area contributed by atoms with Gasteiger partial charge < -0.3 is 10.2 Å². The number of aliphatic hydroxyl groups is 1. The third-order valence-electron chi connectivity index (χ3n) is 2.49. The van der Waals surface area contributed by atoms with Gasteiger partial charge in [-0.25, -0.2) is 0 Å². The first kappa shape index (κ1) is 10.7. The molecule has 0 bridgehead atoms. The van der Waals surface area contributed by atoms with Crippen molar-refractivity contribution >= 4 is 0 Å². The zero-order valence-corrected chi connectivity index (χ0v) is 9.09. The number of rotatable bonds is 3. The van der Waals surface area contributed by atoms with Crippen LogP contribution in [0.5, 0.6) is 5.75 Å². The van der Waals surface area contributed by atoms with Crippen LogP contribution in [0.2, 0.25) is 0 Å². The second-order valence-electron chi connectivity index (χ2n) is 3.76. The van der Waals surface area contributed by atoms with Gasteiger partial charge >= 0.3 is 0 Å². The van der Waals surface area contributed by atoms with Gasteiger partial charge in [-0.05, 0) is 23.8 Å². The van der Waals surface area contributed by atoms with Crippen molar-refractivity contribution in [1.82, 2.24) is 9.78 Å². The zero-order chi connectivity index (χ0) is 11.5. The number of benzene rings is 1. The topological polar surface area (TPSA) is 58.3 Å². The van der Waals surface area contributed by atoms with Crippen molar-refractivity contribution < 1.29 is 10.2 Å². The average molecular weight is 218 g/mol. The summed E-state index contributed by atoms with van der Waals surface area (Å²) in [7, 11) is 1.80. The minimum absolute atomic E-state index is 0.0104. The van der Waals surface area contributed by atoms with Crippen LogP contribution in [0.3, 0.4) is 0 Å². The minimum atomic E-state index is -0.0104. The molecule has 2 aromatic rings. The summed E-state index contributed by atoms with van der Waals surface area (Å²) >= 11 is 0. The van der Waals surface area contributed by atoms with Crippen LogP contribution in [0.1, 0.15) is 17.0 Å². The second kappa shape index (κ2) is 4.37. The molecule has 0 aliphatic carbocycles. The SMILES string of the molecule is Cn1nc(Cc2cccc(O)c2)cc1CO. The molecule has 16 heavy (non-hydrogen) atoms. The van der Waals surface area contributed by atoms with E-state index < -0.39 is 0 Å². The number of hydrogen-bond donors (Lipinski definition) is 2. The normalized spacial score (nSPS) is 10.6. The van der Waals surface area contributed by atoms with E-state index in [0.29, 0.717) is 6.42 Å². The van der Waals surface area contributed by atoms with Crippen LogP contribution in [0.25, 0.3) is 0 Å². The van der Waals surface area contributed by atoms with Crippen LogP contribution < -0.4 is 0 Å². The van der Waals surface area contributed by atoms with Crippen LogP contribution in [0.4, 0.5) is 0 Å². The number of phenolic OH excluding ortho intramolecular Hbond substituents is 1. The van der Waals surface area contributed by atoms with E-state index >= 15 is 0 Å². The molecule has 0 fully saturated rings. The van der Waals surface area contributed by atoms with E-state index in [1.54, 1.807) is 29.9 Å². The smallest absolute Gasteiger partial charge is 0.115 e. The monoisotopic (exact) mass is 218 g/mol. The highest BCUT2D eigenvalue weighted by atomic mass is 16.3. The van der Waals surface area contributed by atoms with Crippen molar-refractivity contribution in [1.29, 1.82) is 0 Å². The van der Waals surface area contributed by atoms with E-state index in [2.05, 4.69) is 5.10 Å². The number of aromatic hydroxyl groups is 1. The Hall–Kier alpha value is -1.81. The molecule has 0 amide bonds. The molecule has 1 heterocycles. The van der Waals surface area contributed by atoms with Gasteiger partial charge in [-0.15, -0.1) is 0 Å². The standard InChI is InChI=1S/C12H14N2O2/c1-14-11(8-15)7-10(13-14)5-9-3-2-4-12(16)6-9/h2-4,6-7,15-16H,5,8H2,1H3. The van der Waals surface area contributed by atoms with Gasteiger partial charge in [-0.2, -0.15) is 5.10 Å². The highest BCUT2D eigenvalue weighted by Gasteiger charge is 2.05. The van der Waals surface area contributed by atoms with Gasteiger partial charge in [0.25, 0.3) is 0 Å². The highest BCUT2D eigenvalue weighted by Crippen LogP contribution is 2.15. The van der Waals surface area contributed by atoms with E-state index in [0.717, 1.165) is 17.0 Å². The Morgan fingerprint density at radius 3 is 2.75 bits per heavy atom. The number of hydrogen-bond acceptors (Lipinski definition) is 3. The van der Waals surface area contributed by atoms with Crippen molar-refractivity contribution in [3.63, 3.8) is 0 Å². The van der Waals surface area contributed by atoms with Gasteiger partial charge in [0.2, 0.25) is 0 Å². The minimum Gasteiger partial charge on any atom is -0.508 e. The third kappa shape index (κ3) is 2.23. The summed E-state index contributed by atoms with van der Waals surface area (Å²) in [6, 6.07) is 8.96. The lowest BCUT2D eigenvalue weighted by atomic mass is 10.1. The maximum Gasteiger partial charge on any atom is 0.115 e. The van der Waals surface area contributed by atoms with E-state index in [4.69, 9.17) is 5.11 Å². The molecular formula is C12H14N2O2. The lowest BCUT2D eigenvalue weighted by Gasteiger charge is -1.98. The number of aromatic nitrogens is 2.